The molecule has 0 spiro atoms. The van der Waals surface area contributed by atoms with Crippen molar-refractivity contribution in [1.82, 2.24) is 4.72 Å². The maximum Gasteiger partial charge on any atom is 0.241 e. The van der Waals surface area contributed by atoms with Crippen LogP contribution in [-0.4, -0.2) is 14.0 Å². The van der Waals surface area contributed by atoms with Crippen molar-refractivity contribution in [2.45, 2.75) is 24.3 Å². The van der Waals surface area contributed by atoms with E-state index < -0.39 is 15.6 Å². The van der Waals surface area contributed by atoms with Gasteiger partial charge in [-0.15, -0.1) is 0 Å². The monoisotopic (exact) mass is 258 g/mol. The number of sulfonamides is 1. The average molecular weight is 259 g/mol. The van der Waals surface area contributed by atoms with Gasteiger partial charge in [0.1, 0.15) is 5.54 Å². The lowest BCUT2D eigenvalue weighted by Gasteiger charge is -2.17. The normalized spacial score (nSPS) is 12.1. The number of rotatable bonds is 3. The fourth-order valence-corrected chi connectivity index (χ4v) is 2.49. The molecule has 0 unspecified atom stereocenters. The summed E-state index contributed by atoms with van der Waals surface area (Å²) in [6, 6.07) is 7.60. The third-order valence-corrected chi connectivity index (χ3v) is 3.72. The molecule has 0 atom stereocenters. The molecule has 0 saturated carbocycles. The molecule has 0 radical (unpaired) electrons. The van der Waals surface area contributed by atoms with E-state index in [0.29, 0.717) is 5.02 Å². The van der Waals surface area contributed by atoms with Crippen LogP contribution in [0.15, 0.2) is 29.2 Å². The van der Waals surface area contributed by atoms with Crippen LogP contribution >= 0.6 is 11.6 Å². The van der Waals surface area contributed by atoms with Crippen LogP contribution in [0, 0.1) is 11.3 Å². The number of nitrogens with one attached hydrogen (secondary N) is 1. The summed E-state index contributed by atoms with van der Waals surface area (Å²) in [4.78, 5) is 0.0835. The molecule has 0 bridgehead atoms. The Morgan fingerprint density at radius 1 is 1.31 bits per heavy atom. The van der Waals surface area contributed by atoms with E-state index in [0.717, 1.165) is 0 Å². The highest BCUT2D eigenvalue weighted by Gasteiger charge is 2.25. The maximum atomic E-state index is 11.8. The van der Waals surface area contributed by atoms with Crippen molar-refractivity contribution in [3.8, 4) is 6.07 Å². The minimum atomic E-state index is -3.68. The third kappa shape index (κ3) is 3.20. The first kappa shape index (κ1) is 13.0. The SMILES string of the molecule is CC(C)(C#N)NS(=O)(=O)c1ccc(Cl)cc1. The summed E-state index contributed by atoms with van der Waals surface area (Å²) in [7, 11) is -3.68. The van der Waals surface area contributed by atoms with Crippen molar-refractivity contribution in [3.05, 3.63) is 29.3 Å². The molecule has 4 nitrogen and oxygen atoms in total. The zero-order chi connectivity index (χ0) is 12.4. The summed E-state index contributed by atoms with van der Waals surface area (Å²) in [5.41, 5.74) is -1.14. The lowest BCUT2D eigenvalue weighted by atomic mass is 10.1. The van der Waals surface area contributed by atoms with Gasteiger partial charge >= 0.3 is 0 Å². The lowest BCUT2D eigenvalue weighted by Crippen LogP contribution is -2.41. The predicted molar refractivity (Wildman–Crippen MR) is 61.5 cm³/mol. The highest BCUT2D eigenvalue weighted by molar-refractivity contribution is 7.89. The number of nitrogens with zero attached hydrogens (tertiary/aromatic N) is 1. The fourth-order valence-electron chi connectivity index (χ4n) is 1.03. The molecule has 0 amide bonds. The Morgan fingerprint density at radius 2 is 1.81 bits per heavy atom. The van der Waals surface area contributed by atoms with Gasteiger partial charge in [-0.1, -0.05) is 11.6 Å². The van der Waals surface area contributed by atoms with Gasteiger partial charge in [0.25, 0.3) is 0 Å². The van der Waals surface area contributed by atoms with E-state index in [1.165, 1.54) is 38.1 Å². The molecule has 0 aromatic heterocycles. The van der Waals surface area contributed by atoms with Crippen LogP contribution < -0.4 is 4.72 Å². The molecule has 86 valence electrons. The molecular formula is C10H11ClN2O2S. The van der Waals surface area contributed by atoms with Crippen LogP contribution in [0.3, 0.4) is 0 Å². The number of hydrogen-bond acceptors (Lipinski definition) is 3. The summed E-state index contributed by atoms with van der Waals surface area (Å²) >= 11 is 5.65. The number of halogens is 1. The lowest BCUT2D eigenvalue weighted by molar-refractivity contribution is 0.536. The van der Waals surface area contributed by atoms with Crippen molar-refractivity contribution in [1.29, 1.82) is 5.26 Å². The van der Waals surface area contributed by atoms with Gasteiger partial charge in [-0.3, -0.25) is 0 Å². The van der Waals surface area contributed by atoms with Crippen LogP contribution in [0.2, 0.25) is 5.02 Å². The Morgan fingerprint density at radius 3 is 2.25 bits per heavy atom. The molecule has 6 heteroatoms. The highest BCUT2D eigenvalue weighted by Crippen LogP contribution is 2.15. The Balaban J connectivity index is 3.05. The van der Waals surface area contributed by atoms with Gasteiger partial charge in [-0.2, -0.15) is 9.98 Å². The van der Waals surface area contributed by atoms with Gasteiger partial charge in [0.2, 0.25) is 10.0 Å². The van der Waals surface area contributed by atoms with Crippen LogP contribution in [0.1, 0.15) is 13.8 Å². The van der Waals surface area contributed by atoms with Crippen LogP contribution in [-0.2, 0) is 10.0 Å². The van der Waals surface area contributed by atoms with Gasteiger partial charge < -0.3 is 0 Å². The largest absolute Gasteiger partial charge is 0.241 e. The Hall–Kier alpha value is -1.09. The molecule has 0 aliphatic heterocycles. The topological polar surface area (TPSA) is 70.0 Å². The van der Waals surface area contributed by atoms with Crippen molar-refractivity contribution in [3.63, 3.8) is 0 Å². The van der Waals surface area contributed by atoms with Crippen molar-refractivity contribution in [2.24, 2.45) is 0 Å². The zero-order valence-corrected chi connectivity index (χ0v) is 10.4. The molecule has 16 heavy (non-hydrogen) atoms. The average Bonchev–Trinajstić information content (AvgIpc) is 2.17. The summed E-state index contributed by atoms with van der Waals surface area (Å²) < 4.78 is 25.9. The van der Waals surface area contributed by atoms with Gasteiger partial charge in [-0.25, -0.2) is 8.42 Å². The first-order chi connectivity index (χ1) is 7.27. The Labute approximate surface area is 99.9 Å². The Bertz CT molecular complexity index is 515. The molecule has 1 rings (SSSR count). The van der Waals surface area contributed by atoms with Gasteiger partial charge in [0, 0.05) is 5.02 Å². The first-order valence-corrected chi connectivity index (χ1v) is 6.34. The second-order valence-corrected chi connectivity index (χ2v) is 5.92. The minimum Gasteiger partial charge on any atom is -0.207 e. The van der Waals surface area contributed by atoms with E-state index in [2.05, 4.69) is 4.72 Å². The second kappa shape index (κ2) is 4.42. The smallest absolute Gasteiger partial charge is 0.207 e. The predicted octanol–water partition coefficient (Wildman–Crippen LogP) is 1.92. The van der Waals surface area contributed by atoms with E-state index in [4.69, 9.17) is 16.9 Å². The molecular weight excluding hydrogens is 248 g/mol. The first-order valence-electron chi connectivity index (χ1n) is 4.48. The van der Waals surface area contributed by atoms with Crippen LogP contribution in [0.4, 0.5) is 0 Å². The highest BCUT2D eigenvalue weighted by atomic mass is 35.5. The van der Waals surface area contributed by atoms with E-state index in [1.807, 2.05) is 6.07 Å². The number of benzene rings is 1. The minimum absolute atomic E-state index is 0.0835. The standard InChI is InChI=1S/C10H11ClN2O2S/c1-10(2,7-12)13-16(14,15)9-5-3-8(11)4-6-9/h3-6,13H,1-2H3. The molecule has 0 aliphatic carbocycles. The summed E-state index contributed by atoms with van der Waals surface area (Å²) in [6.07, 6.45) is 0. The molecule has 1 N–H and O–H groups in total. The maximum absolute atomic E-state index is 11.8. The van der Waals surface area contributed by atoms with Crippen molar-refractivity contribution >= 4 is 21.6 Å². The quantitative estimate of drug-likeness (QED) is 0.900. The summed E-state index contributed by atoms with van der Waals surface area (Å²) in [5.74, 6) is 0. The van der Waals surface area contributed by atoms with Gasteiger partial charge in [0.15, 0.2) is 0 Å². The van der Waals surface area contributed by atoms with E-state index in [9.17, 15) is 8.42 Å². The van der Waals surface area contributed by atoms with Crippen molar-refractivity contribution in [2.75, 3.05) is 0 Å². The van der Waals surface area contributed by atoms with E-state index >= 15 is 0 Å². The molecule has 0 fully saturated rings. The molecule has 1 aromatic carbocycles. The number of hydrogen-bond donors (Lipinski definition) is 1. The summed E-state index contributed by atoms with van der Waals surface area (Å²) in [6.45, 7) is 2.97. The van der Waals surface area contributed by atoms with E-state index in [1.54, 1.807) is 0 Å². The molecule has 0 aliphatic rings. The molecule has 1 aromatic rings. The third-order valence-electron chi connectivity index (χ3n) is 1.79. The molecule has 0 saturated heterocycles. The zero-order valence-electron chi connectivity index (χ0n) is 8.86. The van der Waals surface area contributed by atoms with E-state index in [-0.39, 0.29) is 4.90 Å². The molecule has 0 heterocycles. The second-order valence-electron chi connectivity index (χ2n) is 3.80. The van der Waals surface area contributed by atoms with Gasteiger partial charge in [-0.05, 0) is 38.1 Å². The Kier molecular flexibility index (Phi) is 3.58. The number of nitriles is 1. The van der Waals surface area contributed by atoms with Crippen LogP contribution in [0.25, 0.3) is 0 Å². The fraction of sp³-hybridized carbons (Fsp3) is 0.300. The van der Waals surface area contributed by atoms with Gasteiger partial charge in [0.05, 0.1) is 11.0 Å². The van der Waals surface area contributed by atoms with Crippen molar-refractivity contribution < 1.29 is 8.42 Å². The summed E-state index contributed by atoms with van der Waals surface area (Å²) in [5, 5.41) is 9.21. The van der Waals surface area contributed by atoms with Crippen LogP contribution in [0.5, 0.6) is 0 Å².